The van der Waals surface area contributed by atoms with E-state index in [-0.39, 0.29) is 0 Å². The Labute approximate surface area is 212 Å². The third-order valence-electron chi connectivity index (χ3n) is 7.65. The molecule has 2 fully saturated rings. The van der Waals surface area contributed by atoms with Crippen LogP contribution in [0.3, 0.4) is 0 Å². The van der Waals surface area contributed by atoms with Crippen molar-refractivity contribution in [3.05, 3.63) is 121 Å². The highest BCUT2D eigenvalue weighted by molar-refractivity contribution is 7.73. The second kappa shape index (κ2) is 10.8. The summed E-state index contributed by atoms with van der Waals surface area (Å²) < 4.78 is 6.66. The maximum absolute atomic E-state index is 6.66. The van der Waals surface area contributed by atoms with Crippen LogP contribution in [0.2, 0.25) is 0 Å². The first-order chi connectivity index (χ1) is 17.4. The highest BCUT2D eigenvalue weighted by Gasteiger charge is 2.50. The highest BCUT2D eigenvalue weighted by Crippen LogP contribution is 2.52. The van der Waals surface area contributed by atoms with Gasteiger partial charge in [-0.1, -0.05) is 121 Å². The topological polar surface area (TPSA) is 9.23 Å². The zero-order valence-electron chi connectivity index (χ0n) is 20.0. The van der Waals surface area contributed by atoms with E-state index < -0.39 is 15.8 Å². The molecule has 4 aromatic carbocycles. The minimum atomic E-state index is -0.407. The third kappa shape index (κ3) is 5.01. The van der Waals surface area contributed by atoms with Gasteiger partial charge in [-0.15, -0.1) is 0 Å². The molecular weight excluding hydrogens is 462 g/mol. The van der Waals surface area contributed by atoms with Crippen molar-refractivity contribution in [1.82, 2.24) is 0 Å². The van der Waals surface area contributed by atoms with Crippen molar-refractivity contribution in [2.24, 2.45) is 11.8 Å². The van der Waals surface area contributed by atoms with E-state index in [1.54, 1.807) is 0 Å². The summed E-state index contributed by atoms with van der Waals surface area (Å²) in [5, 5.41) is 5.96. The first kappa shape index (κ1) is 23.1. The van der Waals surface area contributed by atoms with Crippen LogP contribution in [0, 0.1) is 11.8 Å². The van der Waals surface area contributed by atoms with E-state index in [0.717, 1.165) is 0 Å². The summed E-state index contributed by atoms with van der Waals surface area (Å²) in [6.45, 7) is 0. The molecule has 2 saturated heterocycles. The Hall–Kier alpha value is -2.30. The van der Waals surface area contributed by atoms with Crippen molar-refractivity contribution in [3.63, 3.8) is 0 Å². The number of ether oxygens (including phenoxy) is 1. The number of hydrogen-bond donors (Lipinski definition) is 0. The van der Waals surface area contributed by atoms with Gasteiger partial charge in [0.05, 0.1) is 12.2 Å². The summed E-state index contributed by atoms with van der Waals surface area (Å²) in [6.07, 6.45) is 5.75. The molecule has 2 aliphatic rings. The summed E-state index contributed by atoms with van der Waals surface area (Å²) in [6, 6.07) is 44.8. The molecule has 35 heavy (non-hydrogen) atoms. The van der Waals surface area contributed by atoms with E-state index in [9.17, 15) is 0 Å². The van der Waals surface area contributed by atoms with Crippen LogP contribution < -0.4 is 21.2 Å². The molecule has 0 spiro atoms. The Morgan fingerprint density at radius 1 is 0.457 bits per heavy atom. The van der Waals surface area contributed by atoms with Gasteiger partial charge < -0.3 is 4.74 Å². The molecule has 0 aliphatic carbocycles. The molecule has 176 valence electrons. The first-order valence-electron chi connectivity index (χ1n) is 12.8. The second-order valence-corrected chi connectivity index (χ2v) is 14.2. The lowest BCUT2D eigenvalue weighted by Crippen LogP contribution is -2.35. The van der Waals surface area contributed by atoms with Crippen LogP contribution in [0.1, 0.15) is 12.8 Å². The lowest BCUT2D eigenvalue weighted by atomic mass is 9.81. The van der Waals surface area contributed by atoms with Gasteiger partial charge >= 0.3 is 0 Å². The van der Waals surface area contributed by atoms with Crippen molar-refractivity contribution >= 4 is 37.1 Å². The Morgan fingerprint density at radius 3 is 1.03 bits per heavy atom. The Morgan fingerprint density at radius 2 is 0.743 bits per heavy atom. The maximum atomic E-state index is 6.66. The summed E-state index contributed by atoms with van der Waals surface area (Å²) in [5.74, 6) is 1.25. The smallest absolute Gasteiger partial charge is 0.0615 e. The van der Waals surface area contributed by atoms with E-state index in [1.165, 1.54) is 46.4 Å². The van der Waals surface area contributed by atoms with Crippen molar-refractivity contribution in [1.29, 1.82) is 0 Å². The van der Waals surface area contributed by atoms with Crippen LogP contribution in [-0.2, 0) is 4.74 Å². The van der Waals surface area contributed by atoms with Gasteiger partial charge in [-0.25, -0.2) is 0 Å². The average Bonchev–Trinajstić information content (AvgIpc) is 3.54. The van der Waals surface area contributed by atoms with Crippen molar-refractivity contribution in [2.45, 2.75) is 25.0 Å². The largest absolute Gasteiger partial charge is 0.374 e. The molecule has 0 N–H and O–H groups in total. The van der Waals surface area contributed by atoms with E-state index >= 15 is 0 Å². The molecule has 6 rings (SSSR count). The number of hydrogen-bond acceptors (Lipinski definition) is 1. The lowest BCUT2D eigenvalue weighted by Gasteiger charge is -2.34. The first-order valence-corrected chi connectivity index (χ1v) is 15.8. The van der Waals surface area contributed by atoms with E-state index in [4.69, 9.17) is 4.74 Å². The predicted molar refractivity (Wildman–Crippen MR) is 153 cm³/mol. The maximum Gasteiger partial charge on any atom is 0.0615 e. The molecular formula is C32H32OP2. The standard InChI is InChI=1S/C32H32OP2/c1-5-13-25(14-6-1)34(26-15-7-2-8-16-26)23-29-30(32-22-21-31(29)33-32)24-35(27-17-9-3-10-18-27)28-19-11-4-12-20-28/h1-20,29-32H,21-24H2/t29-,30-,31?,32?/m1/s1. The van der Waals surface area contributed by atoms with Gasteiger partial charge in [-0.2, -0.15) is 0 Å². The minimum Gasteiger partial charge on any atom is -0.374 e. The van der Waals surface area contributed by atoms with Crippen LogP contribution in [0.15, 0.2) is 121 Å². The summed E-state index contributed by atoms with van der Waals surface area (Å²) in [4.78, 5) is 0. The van der Waals surface area contributed by atoms with Gasteiger partial charge in [0.2, 0.25) is 0 Å². The summed E-state index contributed by atoms with van der Waals surface area (Å²) in [5.41, 5.74) is 0. The third-order valence-corrected chi connectivity index (χ3v) is 12.9. The minimum absolute atomic E-state index is 0.407. The zero-order valence-corrected chi connectivity index (χ0v) is 21.8. The molecule has 2 aliphatic heterocycles. The number of benzene rings is 4. The van der Waals surface area contributed by atoms with Gasteiger partial charge in [0.1, 0.15) is 0 Å². The van der Waals surface area contributed by atoms with Crippen molar-refractivity contribution in [2.75, 3.05) is 12.3 Å². The lowest BCUT2D eigenvalue weighted by molar-refractivity contribution is 0.0902. The van der Waals surface area contributed by atoms with Crippen LogP contribution >= 0.6 is 15.8 Å². The fourth-order valence-corrected chi connectivity index (χ4v) is 11.4. The Kier molecular flexibility index (Phi) is 7.11. The quantitative estimate of drug-likeness (QED) is 0.271. The molecule has 0 amide bonds. The zero-order chi connectivity index (χ0) is 23.5. The molecule has 0 saturated carbocycles. The molecule has 4 aromatic rings. The molecule has 2 bridgehead atoms. The predicted octanol–water partition coefficient (Wildman–Crippen LogP) is 6.05. The molecule has 1 nitrogen and oxygen atoms in total. The van der Waals surface area contributed by atoms with Crippen molar-refractivity contribution in [3.8, 4) is 0 Å². The molecule has 3 heteroatoms. The van der Waals surface area contributed by atoms with E-state index in [1.807, 2.05) is 0 Å². The van der Waals surface area contributed by atoms with Crippen molar-refractivity contribution < 1.29 is 4.74 Å². The summed E-state index contributed by atoms with van der Waals surface area (Å²) in [7, 11) is -0.813. The molecule has 2 unspecified atom stereocenters. The van der Waals surface area contributed by atoms with Crippen LogP contribution in [-0.4, -0.2) is 24.5 Å². The average molecular weight is 495 g/mol. The Balaban J connectivity index is 1.33. The fraction of sp³-hybridized carbons (Fsp3) is 0.250. The SMILES string of the molecule is c1ccc(P(C[C@H]2C3CCC(O3)[C@@H]2CP(c2ccccc2)c2ccccc2)c2ccccc2)cc1. The molecule has 4 atom stereocenters. The van der Waals surface area contributed by atoms with Crippen LogP contribution in [0.4, 0.5) is 0 Å². The second-order valence-electron chi connectivity index (χ2n) is 9.68. The van der Waals surface area contributed by atoms with Crippen LogP contribution in [0.5, 0.6) is 0 Å². The fourth-order valence-electron chi connectivity index (χ4n) is 5.95. The van der Waals surface area contributed by atoms with Gasteiger partial charge in [0.15, 0.2) is 0 Å². The monoisotopic (exact) mass is 494 g/mol. The van der Waals surface area contributed by atoms with Gasteiger partial charge in [0.25, 0.3) is 0 Å². The number of rotatable bonds is 8. The van der Waals surface area contributed by atoms with Gasteiger partial charge in [-0.05, 0) is 74.1 Å². The van der Waals surface area contributed by atoms with Gasteiger partial charge in [-0.3, -0.25) is 0 Å². The summed E-state index contributed by atoms with van der Waals surface area (Å²) >= 11 is 0. The molecule has 0 radical (unpaired) electrons. The van der Waals surface area contributed by atoms with Gasteiger partial charge in [0, 0.05) is 0 Å². The Bertz CT molecular complexity index is 1020. The highest BCUT2D eigenvalue weighted by atomic mass is 31.1. The molecule has 0 aromatic heterocycles. The van der Waals surface area contributed by atoms with Crippen LogP contribution in [0.25, 0.3) is 0 Å². The normalized spacial score (nSPS) is 23.3. The van der Waals surface area contributed by atoms with E-state index in [0.29, 0.717) is 24.0 Å². The van der Waals surface area contributed by atoms with E-state index in [2.05, 4.69) is 121 Å². The molecule has 2 heterocycles. The number of fused-ring (bicyclic) bond motifs is 2.